The molecular formula is C22H29N5O5S. The van der Waals surface area contributed by atoms with Crippen molar-refractivity contribution in [2.45, 2.75) is 62.4 Å². The molecule has 1 atom stereocenters. The highest BCUT2D eigenvalue weighted by atomic mass is 32.2. The van der Waals surface area contributed by atoms with Crippen LogP contribution in [-0.2, 0) is 21.4 Å². The summed E-state index contributed by atoms with van der Waals surface area (Å²) in [7, 11) is -3.75. The van der Waals surface area contributed by atoms with E-state index in [-0.39, 0.29) is 30.0 Å². The van der Waals surface area contributed by atoms with Crippen molar-refractivity contribution in [1.29, 1.82) is 0 Å². The zero-order chi connectivity index (χ0) is 23.0. The standard InChI is InChI=1S/C22H29N5O5S/c1-2-26-10-4-7-16(26)12-23-33(29,30)17-8-9-19-18(11-17)27(21(28)14-31-19)13-20-24-22(32-25-20)15-5-3-6-15/h8-9,11,15-16,23H,2-7,10,12-14H2,1H3. The van der Waals surface area contributed by atoms with E-state index in [1.165, 1.54) is 17.0 Å². The van der Waals surface area contributed by atoms with Crippen LogP contribution in [0.15, 0.2) is 27.6 Å². The molecule has 0 radical (unpaired) electrons. The molecule has 0 bridgehead atoms. The summed E-state index contributed by atoms with van der Waals surface area (Å²) in [5.41, 5.74) is 0.389. The van der Waals surface area contributed by atoms with E-state index in [1.807, 2.05) is 0 Å². The van der Waals surface area contributed by atoms with Crippen molar-refractivity contribution in [2.24, 2.45) is 0 Å². The molecule has 1 saturated heterocycles. The van der Waals surface area contributed by atoms with Gasteiger partial charge in [-0.25, -0.2) is 13.1 Å². The average molecular weight is 476 g/mol. The molecule has 2 aliphatic heterocycles. The Bertz CT molecular complexity index is 1130. The fraction of sp³-hybridized carbons (Fsp3) is 0.591. The zero-order valence-electron chi connectivity index (χ0n) is 18.7. The van der Waals surface area contributed by atoms with Crippen LogP contribution in [0.2, 0.25) is 0 Å². The summed E-state index contributed by atoms with van der Waals surface area (Å²) in [6.45, 7) is 4.31. The van der Waals surface area contributed by atoms with Crippen molar-refractivity contribution in [3.05, 3.63) is 29.9 Å². The minimum Gasteiger partial charge on any atom is -0.482 e. The topological polar surface area (TPSA) is 118 Å². The summed E-state index contributed by atoms with van der Waals surface area (Å²) >= 11 is 0. The van der Waals surface area contributed by atoms with Gasteiger partial charge in [0.15, 0.2) is 12.4 Å². The van der Waals surface area contributed by atoms with Gasteiger partial charge in [0.1, 0.15) is 5.75 Å². The van der Waals surface area contributed by atoms with Gasteiger partial charge in [-0.3, -0.25) is 14.6 Å². The number of nitrogens with zero attached hydrogens (tertiary/aromatic N) is 4. The quantitative estimate of drug-likeness (QED) is 0.616. The summed E-state index contributed by atoms with van der Waals surface area (Å²) in [5, 5.41) is 4.02. The predicted molar refractivity (Wildman–Crippen MR) is 119 cm³/mol. The van der Waals surface area contributed by atoms with E-state index >= 15 is 0 Å². The van der Waals surface area contributed by atoms with Crippen LogP contribution in [0.1, 0.15) is 56.7 Å². The van der Waals surface area contributed by atoms with Crippen LogP contribution < -0.4 is 14.4 Å². The number of aromatic nitrogens is 2. The molecule has 1 unspecified atom stereocenters. The molecule has 11 heteroatoms. The van der Waals surface area contributed by atoms with Gasteiger partial charge >= 0.3 is 0 Å². The fourth-order valence-electron chi connectivity index (χ4n) is 4.65. The number of likely N-dealkylation sites (N-methyl/N-ethyl adjacent to an activating group) is 1. The van der Waals surface area contributed by atoms with Crippen molar-refractivity contribution in [2.75, 3.05) is 31.1 Å². The maximum Gasteiger partial charge on any atom is 0.265 e. The third kappa shape index (κ3) is 4.49. The monoisotopic (exact) mass is 475 g/mol. The van der Waals surface area contributed by atoms with E-state index in [2.05, 4.69) is 26.7 Å². The Kier molecular flexibility index (Phi) is 6.11. The Morgan fingerprint density at radius 3 is 2.82 bits per heavy atom. The maximum absolute atomic E-state index is 13.0. The lowest BCUT2D eigenvalue weighted by Gasteiger charge is -2.29. The molecule has 1 aromatic heterocycles. The first-order valence-corrected chi connectivity index (χ1v) is 13.1. The summed E-state index contributed by atoms with van der Waals surface area (Å²) < 4.78 is 39.7. The average Bonchev–Trinajstić information content (AvgIpc) is 3.42. The van der Waals surface area contributed by atoms with Crippen LogP contribution in [0.4, 0.5) is 5.69 Å². The number of benzene rings is 1. The largest absolute Gasteiger partial charge is 0.482 e. The Morgan fingerprint density at radius 1 is 1.21 bits per heavy atom. The second-order valence-corrected chi connectivity index (χ2v) is 10.6. The number of hydrogen-bond acceptors (Lipinski definition) is 8. The number of likely N-dealkylation sites (tertiary alicyclic amines) is 1. The molecule has 1 N–H and O–H groups in total. The molecular weight excluding hydrogens is 446 g/mol. The van der Waals surface area contributed by atoms with Gasteiger partial charge in [0.25, 0.3) is 5.91 Å². The number of carbonyl (C=O) groups excluding carboxylic acids is 1. The molecule has 33 heavy (non-hydrogen) atoms. The highest BCUT2D eigenvalue weighted by Gasteiger charge is 2.31. The molecule has 1 aliphatic carbocycles. The van der Waals surface area contributed by atoms with Gasteiger partial charge in [-0.1, -0.05) is 18.5 Å². The summed E-state index contributed by atoms with van der Waals surface area (Å²) in [6, 6.07) is 4.78. The SMILES string of the molecule is CCN1CCCC1CNS(=O)(=O)c1ccc2c(c1)N(Cc1noc(C3CCC3)n1)C(=O)CO2. The van der Waals surface area contributed by atoms with Crippen LogP contribution >= 0.6 is 0 Å². The van der Waals surface area contributed by atoms with Gasteiger partial charge < -0.3 is 9.26 Å². The minimum absolute atomic E-state index is 0.0915. The normalized spacial score (nSPS) is 21.7. The van der Waals surface area contributed by atoms with Crippen LogP contribution in [-0.4, -0.2) is 61.6 Å². The van der Waals surface area contributed by atoms with Crippen LogP contribution in [0, 0.1) is 0 Å². The molecule has 178 valence electrons. The van der Waals surface area contributed by atoms with Gasteiger partial charge in [0, 0.05) is 18.5 Å². The Hall–Kier alpha value is -2.50. The number of hydrogen-bond donors (Lipinski definition) is 1. The molecule has 3 heterocycles. The predicted octanol–water partition coefficient (Wildman–Crippen LogP) is 2.03. The van der Waals surface area contributed by atoms with E-state index in [0.717, 1.165) is 45.2 Å². The lowest BCUT2D eigenvalue weighted by Crippen LogP contribution is -2.40. The van der Waals surface area contributed by atoms with Crippen molar-refractivity contribution >= 4 is 21.6 Å². The molecule has 1 amide bonds. The highest BCUT2D eigenvalue weighted by Crippen LogP contribution is 2.37. The first kappa shape index (κ1) is 22.3. The molecule has 2 aromatic rings. The zero-order valence-corrected chi connectivity index (χ0v) is 19.5. The van der Waals surface area contributed by atoms with E-state index in [0.29, 0.717) is 35.6 Å². The molecule has 5 rings (SSSR count). The van der Waals surface area contributed by atoms with E-state index in [1.54, 1.807) is 6.07 Å². The molecule has 3 aliphatic rings. The molecule has 2 fully saturated rings. The number of amides is 1. The second-order valence-electron chi connectivity index (χ2n) is 8.85. The lowest BCUT2D eigenvalue weighted by atomic mass is 9.85. The van der Waals surface area contributed by atoms with Crippen molar-refractivity contribution in [3.8, 4) is 5.75 Å². The van der Waals surface area contributed by atoms with Gasteiger partial charge in [-0.05, 0) is 57.0 Å². The summed E-state index contributed by atoms with van der Waals surface area (Å²) in [6.07, 6.45) is 5.27. The fourth-order valence-corrected chi connectivity index (χ4v) is 5.74. The third-order valence-corrected chi connectivity index (χ3v) is 8.26. The minimum atomic E-state index is -3.75. The second kappa shape index (κ2) is 9.03. The molecule has 10 nitrogen and oxygen atoms in total. The highest BCUT2D eigenvalue weighted by molar-refractivity contribution is 7.89. The number of rotatable bonds is 8. The Balaban J connectivity index is 1.34. The number of fused-ring (bicyclic) bond motifs is 1. The van der Waals surface area contributed by atoms with Gasteiger partial charge in [-0.15, -0.1) is 0 Å². The summed E-state index contributed by atoms with van der Waals surface area (Å²) in [4.78, 5) is 20.9. The third-order valence-electron chi connectivity index (χ3n) is 6.84. The van der Waals surface area contributed by atoms with Gasteiger partial charge in [0.05, 0.1) is 17.1 Å². The van der Waals surface area contributed by atoms with Crippen molar-refractivity contribution in [1.82, 2.24) is 19.8 Å². The summed E-state index contributed by atoms with van der Waals surface area (Å²) in [5.74, 6) is 1.45. The number of anilines is 1. The Morgan fingerprint density at radius 2 is 2.06 bits per heavy atom. The maximum atomic E-state index is 13.0. The van der Waals surface area contributed by atoms with Gasteiger partial charge in [-0.2, -0.15) is 4.98 Å². The first-order chi connectivity index (χ1) is 15.9. The Labute approximate surface area is 193 Å². The van der Waals surface area contributed by atoms with Gasteiger partial charge in [0.2, 0.25) is 15.9 Å². The smallest absolute Gasteiger partial charge is 0.265 e. The van der Waals surface area contributed by atoms with E-state index < -0.39 is 10.0 Å². The molecule has 1 aromatic carbocycles. The molecule has 1 saturated carbocycles. The van der Waals surface area contributed by atoms with Crippen molar-refractivity contribution < 1.29 is 22.5 Å². The first-order valence-electron chi connectivity index (χ1n) is 11.6. The van der Waals surface area contributed by atoms with E-state index in [4.69, 9.17) is 9.26 Å². The number of sulfonamides is 1. The van der Waals surface area contributed by atoms with Crippen LogP contribution in [0.5, 0.6) is 5.75 Å². The number of ether oxygens (including phenoxy) is 1. The number of nitrogens with one attached hydrogen (secondary N) is 1. The van der Waals surface area contributed by atoms with Crippen LogP contribution in [0.25, 0.3) is 0 Å². The number of carbonyl (C=O) groups is 1. The van der Waals surface area contributed by atoms with E-state index in [9.17, 15) is 13.2 Å². The lowest BCUT2D eigenvalue weighted by molar-refractivity contribution is -0.121. The van der Waals surface area contributed by atoms with Crippen LogP contribution in [0.3, 0.4) is 0 Å². The van der Waals surface area contributed by atoms with Crippen molar-refractivity contribution in [3.63, 3.8) is 0 Å². The molecule has 0 spiro atoms.